The standard InChI is InChI=1S/C17H26FN/c1-12-8-14(9-13(2)16(12)18)11-19-15-6-5-7-17(3,4)10-15/h8-9,15,19H,5-7,10-11H2,1-4H3. The molecule has 106 valence electrons. The highest BCUT2D eigenvalue weighted by Crippen LogP contribution is 2.35. The van der Waals surface area contributed by atoms with Gasteiger partial charge in [0.1, 0.15) is 5.82 Å². The summed E-state index contributed by atoms with van der Waals surface area (Å²) in [5.74, 6) is -0.0671. The third kappa shape index (κ3) is 3.79. The molecule has 0 aliphatic heterocycles. The van der Waals surface area contributed by atoms with E-state index in [9.17, 15) is 4.39 Å². The zero-order valence-corrected chi connectivity index (χ0v) is 12.6. The van der Waals surface area contributed by atoms with Crippen LogP contribution in [0.4, 0.5) is 4.39 Å². The first-order chi connectivity index (χ1) is 8.87. The molecule has 1 aromatic rings. The predicted molar refractivity (Wildman–Crippen MR) is 78.8 cm³/mol. The molecule has 1 saturated carbocycles. The van der Waals surface area contributed by atoms with Crippen LogP contribution in [0.15, 0.2) is 12.1 Å². The van der Waals surface area contributed by atoms with Crippen molar-refractivity contribution < 1.29 is 4.39 Å². The third-order valence-electron chi connectivity index (χ3n) is 4.30. The van der Waals surface area contributed by atoms with Gasteiger partial charge in [0, 0.05) is 12.6 Å². The second-order valence-corrected chi connectivity index (χ2v) is 6.88. The Kier molecular flexibility index (Phi) is 4.29. The highest BCUT2D eigenvalue weighted by Gasteiger charge is 2.27. The minimum absolute atomic E-state index is 0.0671. The van der Waals surface area contributed by atoms with Gasteiger partial charge in [0.05, 0.1) is 0 Å². The Hall–Kier alpha value is -0.890. The van der Waals surface area contributed by atoms with Crippen molar-refractivity contribution in [1.82, 2.24) is 5.32 Å². The summed E-state index contributed by atoms with van der Waals surface area (Å²) in [4.78, 5) is 0. The van der Waals surface area contributed by atoms with Crippen LogP contribution in [0.25, 0.3) is 0 Å². The van der Waals surface area contributed by atoms with Gasteiger partial charge in [-0.2, -0.15) is 0 Å². The molecule has 1 aliphatic rings. The minimum Gasteiger partial charge on any atom is -0.310 e. The first kappa shape index (κ1) is 14.5. The molecule has 1 nitrogen and oxygen atoms in total. The average Bonchev–Trinajstić information content (AvgIpc) is 2.32. The SMILES string of the molecule is Cc1cc(CNC2CCCC(C)(C)C2)cc(C)c1F. The molecule has 1 aliphatic carbocycles. The van der Waals surface area contributed by atoms with Crippen molar-refractivity contribution in [3.63, 3.8) is 0 Å². The molecule has 0 bridgehead atoms. The van der Waals surface area contributed by atoms with Gasteiger partial charge in [-0.3, -0.25) is 0 Å². The number of hydrogen-bond acceptors (Lipinski definition) is 1. The van der Waals surface area contributed by atoms with E-state index in [2.05, 4.69) is 19.2 Å². The lowest BCUT2D eigenvalue weighted by atomic mass is 9.75. The van der Waals surface area contributed by atoms with E-state index in [4.69, 9.17) is 0 Å². The fourth-order valence-corrected chi connectivity index (χ4v) is 3.27. The van der Waals surface area contributed by atoms with Gasteiger partial charge in [0.2, 0.25) is 0 Å². The second kappa shape index (κ2) is 5.62. The Morgan fingerprint density at radius 1 is 1.26 bits per heavy atom. The summed E-state index contributed by atoms with van der Waals surface area (Å²) >= 11 is 0. The van der Waals surface area contributed by atoms with Crippen LogP contribution in [-0.4, -0.2) is 6.04 Å². The van der Waals surface area contributed by atoms with Crippen molar-refractivity contribution in [3.8, 4) is 0 Å². The maximum Gasteiger partial charge on any atom is 0.129 e. The van der Waals surface area contributed by atoms with Crippen molar-refractivity contribution >= 4 is 0 Å². The normalized spacial score (nSPS) is 22.5. The number of hydrogen-bond donors (Lipinski definition) is 1. The van der Waals surface area contributed by atoms with Crippen LogP contribution in [0.5, 0.6) is 0 Å². The summed E-state index contributed by atoms with van der Waals surface area (Å²) in [5.41, 5.74) is 3.16. The van der Waals surface area contributed by atoms with Gasteiger partial charge in [0.25, 0.3) is 0 Å². The van der Waals surface area contributed by atoms with Crippen LogP contribution >= 0.6 is 0 Å². The van der Waals surface area contributed by atoms with Gasteiger partial charge >= 0.3 is 0 Å². The van der Waals surface area contributed by atoms with Crippen molar-refractivity contribution in [2.75, 3.05) is 0 Å². The number of benzene rings is 1. The van der Waals surface area contributed by atoms with Gasteiger partial charge in [-0.1, -0.05) is 32.4 Å². The van der Waals surface area contributed by atoms with Gasteiger partial charge in [-0.15, -0.1) is 0 Å². The predicted octanol–water partition coefficient (Wildman–Crippen LogP) is 4.50. The lowest BCUT2D eigenvalue weighted by Gasteiger charge is -2.35. The molecular weight excluding hydrogens is 237 g/mol. The van der Waals surface area contributed by atoms with Gasteiger partial charge in [-0.25, -0.2) is 4.39 Å². The Balaban J connectivity index is 1.95. The molecule has 1 aromatic carbocycles. The molecule has 19 heavy (non-hydrogen) atoms. The van der Waals surface area contributed by atoms with E-state index in [1.54, 1.807) is 0 Å². The number of halogens is 1. The largest absolute Gasteiger partial charge is 0.310 e. The fraction of sp³-hybridized carbons (Fsp3) is 0.647. The summed E-state index contributed by atoms with van der Waals surface area (Å²) < 4.78 is 13.6. The monoisotopic (exact) mass is 263 g/mol. The van der Waals surface area contributed by atoms with E-state index in [1.165, 1.54) is 31.2 Å². The maximum atomic E-state index is 13.6. The van der Waals surface area contributed by atoms with Crippen LogP contribution in [0.3, 0.4) is 0 Å². The molecule has 0 radical (unpaired) electrons. The smallest absolute Gasteiger partial charge is 0.129 e. The molecule has 0 spiro atoms. The molecule has 1 unspecified atom stereocenters. The summed E-state index contributed by atoms with van der Waals surface area (Å²) in [5, 5.41) is 3.64. The molecule has 2 rings (SSSR count). The van der Waals surface area contributed by atoms with E-state index >= 15 is 0 Å². The molecule has 1 atom stereocenters. The number of aryl methyl sites for hydroxylation is 2. The molecule has 0 saturated heterocycles. The molecule has 1 fully saturated rings. The van der Waals surface area contributed by atoms with E-state index in [0.717, 1.165) is 17.7 Å². The Morgan fingerprint density at radius 2 is 1.89 bits per heavy atom. The average molecular weight is 263 g/mol. The zero-order chi connectivity index (χ0) is 14.0. The minimum atomic E-state index is -0.0671. The Morgan fingerprint density at radius 3 is 2.47 bits per heavy atom. The quantitative estimate of drug-likeness (QED) is 0.846. The van der Waals surface area contributed by atoms with Crippen molar-refractivity contribution in [1.29, 1.82) is 0 Å². The van der Waals surface area contributed by atoms with Crippen LogP contribution < -0.4 is 5.32 Å². The third-order valence-corrected chi connectivity index (χ3v) is 4.30. The van der Waals surface area contributed by atoms with Crippen molar-refractivity contribution in [3.05, 3.63) is 34.6 Å². The number of rotatable bonds is 3. The molecular formula is C17H26FN. The number of nitrogens with one attached hydrogen (secondary N) is 1. The summed E-state index contributed by atoms with van der Waals surface area (Å²) in [6.07, 6.45) is 5.15. The first-order valence-corrected chi connectivity index (χ1v) is 7.36. The molecule has 0 amide bonds. The summed E-state index contributed by atoms with van der Waals surface area (Å²) in [6, 6.07) is 4.53. The molecule has 1 N–H and O–H groups in total. The zero-order valence-electron chi connectivity index (χ0n) is 12.6. The highest BCUT2D eigenvalue weighted by atomic mass is 19.1. The molecule has 0 aromatic heterocycles. The van der Waals surface area contributed by atoms with E-state index in [1.807, 2.05) is 26.0 Å². The van der Waals surface area contributed by atoms with Crippen LogP contribution in [0, 0.1) is 25.1 Å². The van der Waals surface area contributed by atoms with Gasteiger partial charge in [-0.05, 0) is 55.2 Å². The van der Waals surface area contributed by atoms with E-state index in [-0.39, 0.29) is 5.82 Å². The first-order valence-electron chi connectivity index (χ1n) is 7.36. The van der Waals surface area contributed by atoms with Crippen LogP contribution in [0.2, 0.25) is 0 Å². The summed E-state index contributed by atoms with van der Waals surface area (Å²) in [7, 11) is 0. The summed E-state index contributed by atoms with van der Waals surface area (Å²) in [6.45, 7) is 9.24. The maximum absolute atomic E-state index is 13.6. The lowest BCUT2D eigenvalue weighted by Crippen LogP contribution is -2.36. The highest BCUT2D eigenvalue weighted by molar-refractivity contribution is 5.30. The molecule has 0 heterocycles. The van der Waals surface area contributed by atoms with Gasteiger partial charge in [0.15, 0.2) is 0 Å². The van der Waals surface area contributed by atoms with E-state index < -0.39 is 0 Å². The van der Waals surface area contributed by atoms with Crippen LogP contribution in [-0.2, 0) is 6.54 Å². The Labute approximate surface area is 116 Å². The fourth-order valence-electron chi connectivity index (χ4n) is 3.27. The Bertz CT molecular complexity index is 428. The van der Waals surface area contributed by atoms with Crippen LogP contribution in [0.1, 0.15) is 56.2 Å². The van der Waals surface area contributed by atoms with E-state index in [0.29, 0.717) is 11.5 Å². The molecule has 2 heteroatoms. The second-order valence-electron chi connectivity index (χ2n) is 6.88. The van der Waals surface area contributed by atoms with Crippen molar-refractivity contribution in [2.24, 2.45) is 5.41 Å². The lowest BCUT2D eigenvalue weighted by molar-refractivity contribution is 0.198. The topological polar surface area (TPSA) is 12.0 Å². The van der Waals surface area contributed by atoms with Gasteiger partial charge < -0.3 is 5.32 Å². The van der Waals surface area contributed by atoms with Crippen molar-refractivity contribution in [2.45, 2.75) is 66.0 Å².